The smallest absolute Gasteiger partial charge is 0.142 e. The number of anilines is 2. The molecule has 0 atom stereocenters. The maximum Gasteiger partial charge on any atom is 0.142 e. The monoisotopic (exact) mass is 407 g/mol. The molecule has 0 aliphatic heterocycles. The molecule has 1 aromatic carbocycles. The van der Waals surface area contributed by atoms with E-state index in [1.165, 1.54) is 0 Å². The average Bonchev–Trinajstić information content (AvgIpc) is 2.47. The Morgan fingerprint density at radius 3 is 2.67 bits per heavy atom. The van der Waals surface area contributed by atoms with E-state index in [2.05, 4.69) is 47.1 Å². The van der Waals surface area contributed by atoms with Crippen molar-refractivity contribution in [3.05, 3.63) is 51.7 Å². The van der Waals surface area contributed by atoms with Crippen molar-refractivity contribution in [1.29, 1.82) is 0 Å². The van der Waals surface area contributed by atoms with Gasteiger partial charge in [0.25, 0.3) is 0 Å². The van der Waals surface area contributed by atoms with Crippen molar-refractivity contribution in [2.45, 2.75) is 0 Å². The number of fused-ring (bicyclic) bond motifs is 1. The van der Waals surface area contributed by atoms with Gasteiger partial charge in [0.05, 0.1) is 24.0 Å². The number of ether oxygens (including phenoxy) is 1. The van der Waals surface area contributed by atoms with Crippen LogP contribution in [-0.4, -0.2) is 17.1 Å². The second-order valence-corrected chi connectivity index (χ2v) is 6.18. The van der Waals surface area contributed by atoms with Crippen LogP contribution in [0.5, 0.6) is 5.75 Å². The first-order chi connectivity index (χ1) is 10.2. The molecule has 0 radical (unpaired) electrons. The van der Waals surface area contributed by atoms with E-state index in [0.29, 0.717) is 0 Å². The van der Waals surface area contributed by atoms with E-state index < -0.39 is 0 Å². The Kier molecular flexibility index (Phi) is 4.07. The van der Waals surface area contributed by atoms with Crippen LogP contribution in [0, 0.1) is 0 Å². The van der Waals surface area contributed by atoms with Gasteiger partial charge >= 0.3 is 0 Å². The van der Waals surface area contributed by atoms with E-state index in [1.54, 1.807) is 19.5 Å². The molecule has 0 aliphatic rings. The molecule has 0 saturated carbocycles. The first-order valence-electron chi connectivity index (χ1n) is 6.18. The topological polar surface area (TPSA) is 47.0 Å². The van der Waals surface area contributed by atoms with E-state index in [0.717, 1.165) is 37.1 Å². The van der Waals surface area contributed by atoms with Gasteiger partial charge in [-0.1, -0.05) is 15.9 Å². The van der Waals surface area contributed by atoms with Crippen LogP contribution in [0.25, 0.3) is 11.0 Å². The number of hydrogen-bond donors (Lipinski definition) is 1. The summed E-state index contributed by atoms with van der Waals surface area (Å²) in [6.07, 6.45) is 3.51. The fourth-order valence-electron chi connectivity index (χ4n) is 2.03. The molecule has 0 saturated heterocycles. The normalized spacial score (nSPS) is 10.6. The summed E-state index contributed by atoms with van der Waals surface area (Å²) in [4.78, 5) is 8.76. The van der Waals surface area contributed by atoms with Gasteiger partial charge in [-0.15, -0.1) is 0 Å². The molecule has 3 rings (SSSR count). The highest BCUT2D eigenvalue weighted by molar-refractivity contribution is 9.10. The van der Waals surface area contributed by atoms with Crippen molar-refractivity contribution in [1.82, 2.24) is 9.97 Å². The van der Waals surface area contributed by atoms with Crippen molar-refractivity contribution in [2.24, 2.45) is 0 Å². The van der Waals surface area contributed by atoms with E-state index in [1.807, 2.05) is 30.3 Å². The largest absolute Gasteiger partial charge is 0.495 e. The maximum absolute atomic E-state index is 5.38. The van der Waals surface area contributed by atoms with Gasteiger partial charge in [-0.2, -0.15) is 0 Å². The van der Waals surface area contributed by atoms with Crippen molar-refractivity contribution < 1.29 is 4.74 Å². The first-order valence-corrected chi connectivity index (χ1v) is 7.77. The average molecular weight is 409 g/mol. The van der Waals surface area contributed by atoms with Gasteiger partial charge in [-0.05, 0) is 46.3 Å². The lowest BCUT2D eigenvalue weighted by molar-refractivity contribution is 0.417. The predicted molar refractivity (Wildman–Crippen MR) is 91.2 cm³/mol. The van der Waals surface area contributed by atoms with Crippen molar-refractivity contribution in [2.75, 3.05) is 12.4 Å². The van der Waals surface area contributed by atoms with E-state index in [9.17, 15) is 0 Å². The molecule has 0 spiro atoms. The van der Waals surface area contributed by atoms with Crippen LogP contribution in [0.15, 0.2) is 51.7 Å². The number of benzene rings is 1. The molecule has 0 unspecified atom stereocenters. The van der Waals surface area contributed by atoms with Crippen LogP contribution >= 0.6 is 31.9 Å². The standard InChI is InChI=1S/C15H11Br2N3O/c1-21-14-3-2-9(16)6-12(14)20-11-4-5-18-13-7-10(17)8-19-15(11)13/h2-8H,1H3,(H,18,20). The van der Waals surface area contributed by atoms with E-state index in [-0.39, 0.29) is 0 Å². The van der Waals surface area contributed by atoms with Crippen LogP contribution in [0.4, 0.5) is 11.4 Å². The van der Waals surface area contributed by atoms with Gasteiger partial charge in [0.15, 0.2) is 0 Å². The summed E-state index contributed by atoms with van der Waals surface area (Å²) in [5, 5.41) is 3.35. The van der Waals surface area contributed by atoms with Crippen molar-refractivity contribution in [3.63, 3.8) is 0 Å². The maximum atomic E-state index is 5.38. The number of nitrogens with one attached hydrogen (secondary N) is 1. The second-order valence-electron chi connectivity index (χ2n) is 4.35. The van der Waals surface area contributed by atoms with Gasteiger partial charge in [0.1, 0.15) is 11.3 Å². The molecule has 2 heterocycles. The molecule has 21 heavy (non-hydrogen) atoms. The van der Waals surface area contributed by atoms with Gasteiger partial charge in [-0.3, -0.25) is 9.97 Å². The molecule has 0 aliphatic carbocycles. The summed E-state index contributed by atoms with van der Waals surface area (Å²) in [6, 6.07) is 9.63. The van der Waals surface area contributed by atoms with Crippen LogP contribution < -0.4 is 10.1 Å². The van der Waals surface area contributed by atoms with Crippen molar-refractivity contribution in [3.8, 4) is 5.75 Å². The quantitative estimate of drug-likeness (QED) is 0.668. The zero-order valence-electron chi connectivity index (χ0n) is 11.1. The predicted octanol–water partition coefficient (Wildman–Crippen LogP) is 4.91. The molecular weight excluding hydrogens is 398 g/mol. The third kappa shape index (κ3) is 3.01. The molecular formula is C15H11Br2N3O. The molecule has 6 heteroatoms. The summed E-state index contributed by atoms with van der Waals surface area (Å²) < 4.78 is 7.25. The number of aromatic nitrogens is 2. The summed E-state index contributed by atoms with van der Waals surface area (Å²) in [7, 11) is 1.65. The third-order valence-electron chi connectivity index (χ3n) is 2.98. The fourth-order valence-corrected chi connectivity index (χ4v) is 2.71. The van der Waals surface area contributed by atoms with Crippen LogP contribution in [0.2, 0.25) is 0 Å². The van der Waals surface area contributed by atoms with Crippen LogP contribution in [0.3, 0.4) is 0 Å². The molecule has 3 aromatic rings. The zero-order valence-corrected chi connectivity index (χ0v) is 14.3. The highest BCUT2D eigenvalue weighted by Gasteiger charge is 2.08. The first kappa shape index (κ1) is 14.3. The Morgan fingerprint density at radius 1 is 1.00 bits per heavy atom. The molecule has 0 fully saturated rings. The summed E-state index contributed by atoms with van der Waals surface area (Å²) in [5.74, 6) is 0.764. The molecule has 1 N–H and O–H groups in total. The Labute approximate surface area is 138 Å². The lowest BCUT2D eigenvalue weighted by Gasteiger charge is -2.13. The van der Waals surface area contributed by atoms with Crippen LogP contribution in [0.1, 0.15) is 0 Å². The van der Waals surface area contributed by atoms with Gasteiger partial charge in [-0.25, -0.2) is 0 Å². The van der Waals surface area contributed by atoms with Crippen LogP contribution in [-0.2, 0) is 0 Å². The number of rotatable bonds is 3. The SMILES string of the molecule is COc1ccc(Br)cc1Nc1ccnc2cc(Br)cnc12. The fraction of sp³-hybridized carbons (Fsp3) is 0.0667. The Hall–Kier alpha value is -1.66. The highest BCUT2D eigenvalue weighted by Crippen LogP contribution is 2.32. The third-order valence-corrected chi connectivity index (χ3v) is 3.90. The van der Waals surface area contributed by atoms with E-state index in [4.69, 9.17) is 4.74 Å². The lowest BCUT2D eigenvalue weighted by atomic mass is 10.2. The minimum atomic E-state index is 0.764. The van der Waals surface area contributed by atoms with Gasteiger partial charge in [0, 0.05) is 21.3 Å². The second kappa shape index (κ2) is 5.99. The molecule has 2 aromatic heterocycles. The lowest BCUT2D eigenvalue weighted by Crippen LogP contribution is -1.97. The summed E-state index contributed by atoms with van der Waals surface area (Å²) in [6.45, 7) is 0. The van der Waals surface area contributed by atoms with Gasteiger partial charge in [0.2, 0.25) is 0 Å². The minimum Gasteiger partial charge on any atom is -0.495 e. The van der Waals surface area contributed by atoms with Gasteiger partial charge < -0.3 is 10.1 Å². The number of pyridine rings is 2. The Bertz CT molecular complexity index is 808. The minimum absolute atomic E-state index is 0.764. The molecule has 106 valence electrons. The molecule has 0 bridgehead atoms. The zero-order chi connectivity index (χ0) is 14.8. The number of hydrogen-bond acceptors (Lipinski definition) is 4. The van der Waals surface area contributed by atoms with Crippen molar-refractivity contribution >= 4 is 54.3 Å². The highest BCUT2D eigenvalue weighted by atomic mass is 79.9. The number of nitrogens with zero attached hydrogens (tertiary/aromatic N) is 2. The number of halogens is 2. The Balaban J connectivity index is 2.08. The summed E-state index contributed by atoms with van der Waals surface area (Å²) in [5.41, 5.74) is 3.37. The molecule has 0 amide bonds. The molecule has 4 nitrogen and oxygen atoms in total. The Morgan fingerprint density at radius 2 is 1.86 bits per heavy atom. The van der Waals surface area contributed by atoms with E-state index >= 15 is 0 Å². The summed E-state index contributed by atoms with van der Waals surface area (Å²) >= 11 is 6.88. The number of methoxy groups -OCH3 is 1.